The van der Waals surface area contributed by atoms with Gasteiger partial charge >= 0.3 is 0 Å². The summed E-state index contributed by atoms with van der Waals surface area (Å²) in [4.78, 5) is 11.8. The van der Waals surface area contributed by atoms with Crippen LogP contribution in [0.4, 0.5) is 4.39 Å². The molecule has 0 aliphatic rings. The summed E-state index contributed by atoms with van der Waals surface area (Å²) in [5.74, 6) is -0.690. The number of carbonyl (C=O) groups excluding carboxylic acids is 1. The van der Waals surface area contributed by atoms with Gasteiger partial charge in [-0.15, -0.1) is 0 Å². The lowest BCUT2D eigenvalue weighted by molar-refractivity contribution is -0.131. The molecular formula is C13H16BrFO2. The van der Waals surface area contributed by atoms with Gasteiger partial charge in [-0.05, 0) is 29.2 Å². The van der Waals surface area contributed by atoms with E-state index in [1.165, 1.54) is 12.1 Å². The minimum absolute atomic E-state index is 0.0246. The van der Waals surface area contributed by atoms with Gasteiger partial charge in [0.05, 0.1) is 0 Å². The van der Waals surface area contributed by atoms with Crippen LogP contribution in [0.2, 0.25) is 0 Å². The van der Waals surface area contributed by atoms with Gasteiger partial charge in [0, 0.05) is 10.9 Å². The molecule has 1 aromatic carbocycles. The number of benzene rings is 1. The average molecular weight is 303 g/mol. The largest absolute Gasteiger partial charge is 0.385 e. The molecule has 0 aliphatic carbocycles. The molecule has 2 nitrogen and oxygen atoms in total. The molecular weight excluding hydrogens is 287 g/mol. The van der Waals surface area contributed by atoms with Gasteiger partial charge in [-0.25, -0.2) is 4.39 Å². The Hall–Kier alpha value is -0.740. The molecule has 0 amide bonds. The first-order chi connectivity index (χ1) is 7.71. The fraction of sp³-hybridized carbons (Fsp3) is 0.462. The van der Waals surface area contributed by atoms with E-state index in [0.717, 1.165) is 0 Å². The van der Waals surface area contributed by atoms with Gasteiger partial charge in [0.1, 0.15) is 11.9 Å². The van der Waals surface area contributed by atoms with Crippen molar-refractivity contribution in [3.8, 4) is 0 Å². The van der Waals surface area contributed by atoms with Crippen molar-refractivity contribution >= 4 is 21.7 Å². The maximum absolute atomic E-state index is 13.0. The van der Waals surface area contributed by atoms with Crippen LogP contribution in [0, 0.1) is 11.2 Å². The third-order valence-electron chi connectivity index (χ3n) is 2.50. The van der Waals surface area contributed by atoms with E-state index in [9.17, 15) is 14.3 Å². The molecule has 0 fully saturated rings. The quantitative estimate of drug-likeness (QED) is 0.931. The minimum Gasteiger partial charge on any atom is -0.385 e. The predicted molar refractivity (Wildman–Crippen MR) is 68.3 cm³/mol. The van der Waals surface area contributed by atoms with E-state index in [1.807, 2.05) is 0 Å². The number of rotatable bonds is 3. The van der Waals surface area contributed by atoms with Crippen LogP contribution in [0.3, 0.4) is 0 Å². The zero-order chi connectivity index (χ0) is 13.2. The molecule has 0 spiro atoms. The van der Waals surface area contributed by atoms with E-state index in [4.69, 9.17) is 0 Å². The van der Waals surface area contributed by atoms with Crippen LogP contribution in [-0.4, -0.2) is 17.0 Å². The summed E-state index contributed by atoms with van der Waals surface area (Å²) in [6, 6.07) is 4.18. The Morgan fingerprint density at radius 1 is 1.47 bits per heavy atom. The average Bonchev–Trinajstić information content (AvgIpc) is 2.21. The van der Waals surface area contributed by atoms with Gasteiger partial charge in [0.25, 0.3) is 0 Å². The van der Waals surface area contributed by atoms with Crippen molar-refractivity contribution in [2.24, 2.45) is 5.41 Å². The van der Waals surface area contributed by atoms with Gasteiger partial charge < -0.3 is 5.11 Å². The number of carbonyl (C=O) groups is 1. The molecule has 1 rings (SSSR count). The fourth-order valence-electron chi connectivity index (χ4n) is 1.45. The monoisotopic (exact) mass is 302 g/mol. The highest BCUT2D eigenvalue weighted by molar-refractivity contribution is 9.10. The van der Waals surface area contributed by atoms with E-state index in [1.54, 1.807) is 26.8 Å². The Morgan fingerprint density at radius 2 is 2.06 bits per heavy atom. The highest BCUT2D eigenvalue weighted by Gasteiger charge is 2.29. The zero-order valence-corrected chi connectivity index (χ0v) is 11.7. The molecule has 0 bridgehead atoms. The van der Waals surface area contributed by atoms with Crippen molar-refractivity contribution in [3.05, 3.63) is 34.1 Å². The smallest absolute Gasteiger partial charge is 0.166 e. The highest BCUT2D eigenvalue weighted by atomic mass is 79.9. The number of hydrogen-bond donors (Lipinski definition) is 1. The lowest BCUT2D eigenvalue weighted by atomic mass is 9.85. The Labute approximate surface area is 109 Å². The molecule has 0 aliphatic heterocycles. The summed E-state index contributed by atoms with van der Waals surface area (Å²) < 4.78 is 13.7. The number of halogens is 2. The molecule has 1 atom stereocenters. The van der Waals surface area contributed by atoms with Gasteiger partial charge in [0.2, 0.25) is 0 Å². The first-order valence-electron chi connectivity index (χ1n) is 5.36. The Bertz CT molecular complexity index is 424. The summed E-state index contributed by atoms with van der Waals surface area (Å²) in [7, 11) is 0. The standard InChI is InChI=1S/C13H16BrFO2/c1-13(2,3)12(17)11(16)7-8-6-9(15)4-5-10(8)14/h4-6,12,17H,7H2,1-3H3. The molecule has 94 valence electrons. The van der Waals surface area contributed by atoms with Crippen molar-refractivity contribution < 1.29 is 14.3 Å². The summed E-state index contributed by atoms with van der Waals surface area (Å²) in [6.45, 7) is 5.36. The summed E-state index contributed by atoms with van der Waals surface area (Å²) in [5, 5.41) is 9.82. The third kappa shape index (κ3) is 3.89. The molecule has 4 heteroatoms. The molecule has 0 saturated heterocycles. The van der Waals surface area contributed by atoms with E-state index in [-0.39, 0.29) is 18.0 Å². The van der Waals surface area contributed by atoms with Crippen molar-refractivity contribution in [2.45, 2.75) is 33.3 Å². The van der Waals surface area contributed by atoms with Crippen LogP contribution in [-0.2, 0) is 11.2 Å². The number of ketones is 1. The number of hydrogen-bond acceptors (Lipinski definition) is 2. The van der Waals surface area contributed by atoms with E-state index in [2.05, 4.69) is 15.9 Å². The molecule has 1 unspecified atom stereocenters. The van der Waals surface area contributed by atoms with E-state index >= 15 is 0 Å². The minimum atomic E-state index is -1.04. The van der Waals surface area contributed by atoms with Crippen LogP contribution in [0.25, 0.3) is 0 Å². The molecule has 1 N–H and O–H groups in total. The van der Waals surface area contributed by atoms with Gasteiger partial charge in [-0.3, -0.25) is 4.79 Å². The first-order valence-corrected chi connectivity index (χ1v) is 6.16. The maximum Gasteiger partial charge on any atom is 0.166 e. The normalized spacial score (nSPS) is 13.5. The van der Waals surface area contributed by atoms with Gasteiger partial charge in [0.15, 0.2) is 5.78 Å². The lowest BCUT2D eigenvalue weighted by Crippen LogP contribution is -2.35. The zero-order valence-electron chi connectivity index (χ0n) is 10.1. The summed E-state index contributed by atoms with van der Waals surface area (Å²) in [5.41, 5.74) is 0.0509. The Kier molecular flexibility index (Phi) is 4.44. The van der Waals surface area contributed by atoms with Crippen molar-refractivity contribution in [2.75, 3.05) is 0 Å². The van der Waals surface area contributed by atoms with Crippen molar-refractivity contribution in [1.29, 1.82) is 0 Å². The van der Waals surface area contributed by atoms with Crippen LogP contribution >= 0.6 is 15.9 Å². The summed E-state index contributed by atoms with van der Waals surface area (Å²) in [6.07, 6.45) is -1.02. The number of aliphatic hydroxyl groups is 1. The SMILES string of the molecule is CC(C)(C)C(O)C(=O)Cc1cc(F)ccc1Br. The number of aliphatic hydroxyl groups excluding tert-OH is 1. The predicted octanol–water partition coefficient (Wildman–Crippen LogP) is 3.11. The second-order valence-electron chi connectivity index (χ2n) is 5.15. The van der Waals surface area contributed by atoms with Crippen molar-refractivity contribution in [3.63, 3.8) is 0 Å². The Balaban J connectivity index is 2.85. The highest BCUT2D eigenvalue weighted by Crippen LogP contribution is 2.23. The molecule has 0 radical (unpaired) electrons. The van der Waals surface area contributed by atoms with Crippen molar-refractivity contribution in [1.82, 2.24) is 0 Å². The third-order valence-corrected chi connectivity index (χ3v) is 3.27. The molecule has 0 heterocycles. The van der Waals surface area contributed by atoms with E-state index < -0.39 is 11.5 Å². The second-order valence-corrected chi connectivity index (χ2v) is 6.00. The fourth-order valence-corrected chi connectivity index (χ4v) is 1.83. The van der Waals surface area contributed by atoms with Crippen LogP contribution < -0.4 is 0 Å². The maximum atomic E-state index is 13.0. The first kappa shape index (κ1) is 14.3. The van der Waals surface area contributed by atoms with E-state index in [0.29, 0.717) is 10.0 Å². The number of Topliss-reactive ketones (excluding diaryl/α,β-unsaturated/α-hetero) is 1. The molecule has 1 aromatic rings. The van der Waals surface area contributed by atoms with Crippen LogP contribution in [0.5, 0.6) is 0 Å². The lowest BCUT2D eigenvalue weighted by Gasteiger charge is -2.24. The molecule has 17 heavy (non-hydrogen) atoms. The topological polar surface area (TPSA) is 37.3 Å². The van der Waals surface area contributed by atoms with Gasteiger partial charge in [-0.2, -0.15) is 0 Å². The van der Waals surface area contributed by atoms with Gasteiger partial charge in [-0.1, -0.05) is 36.7 Å². The Morgan fingerprint density at radius 3 is 2.59 bits per heavy atom. The van der Waals surface area contributed by atoms with Crippen LogP contribution in [0.15, 0.2) is 22.7 Å². The van der Waals surface area contributed by atoms with Crippen LogP contribution in [0.1, 0.15) is 26.3 Å². The molecule has 0 saturated carbocycles. The molecule has 0 aromatic heterocycles. The summed E-state index contributed by atoms with van der Waals surface area (Å²) >= 11 is 3.26. The second kappa shape index (κ2) is 5.27.